The Labute approximate surface area is 210 Å². The van der Waals surface area contributed by atoms with Crippen LogP contribution in [0.4, 0.5) is 0 Å². The largest absolute Gasteiger partial charge is 0.350 e. The molecule has 0 aromatic heterocycles. The van der Waals surface area contributed by atoms with Crippen molar-refractivity contribution in [3.63, 3.8) is 0 Å². The lowest BCUT2D eigenvalue weighted by Crippen LogP contribution is -2.50. The highest BCUT2D eigenvalue weighted by Crippen LogP contribution is 2.28. The number of allylic oxidation sites excluding steroid dienone is 2. The molecule has 2 N–H and O–H groups in total. The zero-order valence-electron chi connectivity index (χ0n) is 21.5. The van der Waals surface area contributed by atoms with Crippen LogP contribution in [0.5, 0.6) is 0 Å². The summed E-state index contributed by atoms with van der Waals surface area (Å²) in [7, 11) is 1.83. The third-order valence-corrected chi connectivity index (χ3v) is 7.48. The smallest absolute Gasteiger partial charge is 0.244 e. The summed E-state index contributed by atoms with van der Waals surface area (Å²) in [5.74, 6) is -0.611. The topological polar surface area (TPSA) is 97.0 Å². The molecule has 198 valence electrons. The lowest BCUT2D eigenvalue weighted by molar-refractivity contribution is -0.200. The van der Waals surface area contributed by atoms with Crippen LogP contribution in [0.2, 0.25) is 0 Å². The second kappa shape index (κ2) is 15.2. The van der Waals surface area contributed by atoms with Crippen molar-refractivity contribution in [2.45, 2.75) is 109 Å². The normalized spacial score (nSPS) is 28.3. The van der Waals surface area contributed by atoms with Gasteiger partial charge in [-0.25, -0.2) is 10.3 Å². The van der Waals surface area contributed by atoms with Crippen LogP contribution < -0.4 is 10.8 Å². The van der Waals surface area contributed by atoms with Gasteiger partial charge in [-0.1, -0.05) is 44.3 Å². The molecule has 2 fully saturated rings. The summed E-state index contributed by atoms with van der Waals surface area (Å²) in [5, 5.41) is 3.07. The summed E-state index contributed by atoms with van der Waals surface area (Å²) in [6.45, 7) is 1.30. The molecule has 0 bridgehead atoms. The first-order valence-corrected chi connectivity index (χ1v) is 13.8. The fourth-order valence-corrected chi connectivity index (χ4v) is 5.33. The maximum atomic E-state index is 13.4. The van der Waals surface area contributed by atoms with Gasteiger partial charge in [0.1, 0.15) is 6.04 Å². The lowest BCUT2D eigenvalue weighted by atomic mass is 9.84. The molecule has 1 saturated heterocycles. The standard InChI is InChI=1S/C27H45N3O5/c1-30-17-11-5-3-2-4-9-15-22(20-24(31)29-35-25-16-10-12-18-34-25)26(32)28-23(27(30)33)19-21-13-7-6-8-14-21/h2-3,21-23,25H,4-20H2,1H3,(H,28,32)(H,29,31)/t22?,23?,25-/m0/s1. The Bertz CT molecular complexity index is 701. The van der Waals surface area contributed by atoms with Crippen LogP contribution >= 0.6 is 0 Å². The number of carbonyl (C=O) groups excluding carboxylic acids is 3. The maximum absolute atomic E-state index is 13.4. The molecule has 35 heavy (non-hydrogen) atoms. The summed E-state index contributed by atoms with van der Waals surface area (Å²) in [6.07, 6.45) is 17.3. The highest BCUT2D eigenvalue weighted by molar-refractivity contribution is 5.90. The predicted octanol–water partition coefficient (Wildman–Crippen LogP) is 4.00. The minimum atomic E-state index is -0.536. The molecule has 3 atom stereocenters. The highest BCUT2D eigenvalue weighted by Gasteiger charge is 2.31. The number of amides is 3. The molecule has 8 nitrogen and oxygen atoms in total. The highest BCUT2D eigenvalue weighted by atomic mass is 16.8. The number of ether oxygens (including phenoxy) is 1. The van der Waals surface area contributed by atoms with E-state index in [4.69, 9.17) is 9.57 Å². The van der Waals surface area contributed by atoms with Gasteiger partial charge in [0.15, 0.2) is 6.29 Å². The maximum Gasteiger partial charge on any atom is 0.244 e. The first-order valence-electron chi connectivity index (χ1n) is 13.8. The minimum Gasteiger partial charge on any atom is -0.350 e. The number of carbonyl (C=O) groups is 3. The van der Waals surface area contributed by atoms with E-state index in [9.17, 15) is 14.4 Å². The Morgan fingerprint density at radius 3 is 2.51 bits per heavy atom. The van der Waals surface area contributed by atoms with Gasteiger partial charge in [0.05, 0.1) is 0 Å². The van der Waals surface area contributed by atoms with Crippen LogP contribution in [-0.4, -0.2) is 55.2 Å². The first kappa shape index (κ1) is 27.7. The lowest BCUT2D eigenvalue weighted by Gasteiger charge is -2.30. The minimum absolute atomic E-state index is 0.0223. The van der Waals surface area contributed by atoms with Crippen molar-refractivity contribution in [3.8, 4) is 0 Å². The van der Waals surface area contributed by atoms with Crippen LogP contribution in [-0.2, 0) is 24.0 Å². The van der Waals surface area contributed by atoms with E-state index in [1.807, 2.05) is 7.05 Å². The monoisotopic (exact) mass is 491 g/mol. The van der Waals surface area contributed by atoms with E-state index in [1.54, 1.807) is 4.90 Å². The molecular weight excluding hydrogens is 446 g/mol. The molecular formula is C27H45N3O5. The molecule has 0 spiro atoms. The van der Waals surface area contributed by atoms with Crippen molar-refractivity contribution in [2.75, 3.05) is 20.2 Å². The van der Waals surface area contributed by atoms with Gasteiger partial charge in [0.25, 0.3) is 0 Å². The number of hydrogen-bond donors (Lipinski definition) is 2. The van der Waals surface area contributed by atoms with Crippen molar-refractivity contribution >= 4 is 17.7 Å². The molecule has 3 aliphatic rings. The third kappa shape index (κ3) is 9.92. The van der Waals surface area contributed by atoms with E-state index in [1.165, 1.54) is 19.3 Å². The van der Waals surface area contributed by atoms with Crippen LogP contribution in [0.3, 0.4) is 0 Å². The second-order valence-corrected chi connectivity index (χ2v) is 10.4. The quantitative estimate of drug-likeness (QED) is 0.432. The number of rotatable bonds is 6. The molecule has 0 radical (unpaired) electrons. The molecule has 1 aliphatic carbocycles. The summed E-state index contributed by atoms with van der Waals surface area (Å²) in [4.78, 5) is 46.5. The van der Waals surface area contributed by atoms with E-state index in [-0.39, 0.29) is 24.1 Å². The molecule has 2 unspecified atom stereocenters. The zero-order chi connectivity index (χ0) is 24.9. The van der Waals surface area contributed by atoms with E-state index >= 15 is 0 Å². The van der Waals surface area contributed by atoms with Crippen molar-refractivity contribution in [1.82, 2.24) is 15.7 Å². The van der Waals surface area contributed by atoms with Crippen molar-refractivity contribution in [1.29, 1.82) is 0 Å². The van der Waals surface area contributed by atoms with Gasteiger partial charge in [-0.15, -0.1) is 0 Å². The summed E-state index contributed by atoms with van der Waals surface area (Å²) in [6, 6.07) is -0.536. The number of likely N-dealkylation sites (N-methyl/N-ethyl adjacent to an activating group) is 1. The molecule has 1 saturated carbocycles. The van der Waals surface area contributed by atoms with Gasteiger partial charge in [0, 0.05) is 39.0 Å². The van der Waals surface area contributed by atoms with Crippen molar-refractivity contribution in [3.05, 3.63) is 12.2 Å². The average Bonchev–Trinajstić information content (AvgIpc) is 2.88. The van der Waals surface area contributed by atoms with Gasteiger partial charge >= 0.3 is 0 Å². The second-order valence-electron chi connectivity index (χ2n) is 10.4. The van der Waals surface area contributed by atoms with Gasteiger partial charge in [-0.05, 0) is 57.3 Å². The first-order chi connectivity index (χ1) is 17.0. The Hall–Kier alpha value is -1.93. The fourth-order valence-electron chi connectivity index (χ4n) is 5.33. The number of hydroxylamine groups is 1. The molecule has 0 aromatic carbocycles. The molecule has 3 rings (SSSR count). The number of nitrogens with one attached hydrogen (secondary N) is 2. The van der Waals surface area contributed by atoms with Gasteiger partial charge in [-0.2, -0.15) is 0 Å². The molecule has 2 heterocycles. The summed E-state index contributed by atoms with van der Waals surface area (Å²) >= 11 is 0. The van der Waals surface area contributed by atoms with Crippen LogP contribution in [0.15, 0.2) is 12.2 Å². The van der Waals surface area contributed by atoms with Crippen molar-refractivity contribution in [2.24, 2.45) is 11.8 Å². The predicted molar refractivity (Wildman–Crippen MR) is 134 cm³/mol. The van der Waals surface area contributed by atoms with Crippen LogP contribution in [0.25, 0.3) is 0 Å². The molecule has 8 heteroatoms. The van der Waals surface area contributed by atoms with E-state index in [0.29, 0.717) is 31.9 Å². The molecule has 0 aromatic rings. The Kier molecular flexibility index (Phi) is 12.0. The van der Waals surface area contributed by atoms with Crippen LogP contribution in [0.1, 0.15) is 96.3 Å². The van der Waals surface area contributed by atoms with Gasteiger partial charge in [-0.3, -0.25) is 14.4 Å². The van der Waals surface area contributed by atoms with E-state index in [0.717, 1.165) is 57.8 Å². The third-order valence-electron chi connectivity index (χ3n) is 7.48. The zero-order valence-corrected chi connectivity index (χ0v) is 21.5. The van der Waals surface area contributed by atoms with E-state index in [2.05, 4.69) is 22.9 Å². The summed E-state index contributed by atoms with van der Waals surface area (Å²) < 4.78 is 5.50. The Balaban J connectivity index is 1.64. The SMILES string of the molecule is CN1CCCC=CCCCC(CC(=O)NO[C@H]2CCCCO2)C(=O)NC(CC2CCCCC2)C1=O. The van der Waals surface area contributed by atoms with Crippen molar-refractivity contribution < 1.29 is 24.0 Å². The Morgan fingerprint density at radius 1 is 1.03 bits per heavy atom. The number of hydrogen-bond acceptors (Lipinski definition) is 5. The fraction of sp³-hybridized carbons (Fsp3) is 0.815. The Morgan fingerprint density at radius 2 is 1.77 bits per heavy atom. The van der Waals surface area contributed by atoms with Gasteiger partial charge < -0.3 is 15.0 Å². The summed E-state index contributed by atoms with van der Waals surface area (Å²) in [5.41, 5.74) is 2.48. The van der Waals surface area contributed by atoms with Crippen LogP contribution in [0, 0.1) is 11.8 Å². The molecule has 3 amide bonds. The number of nitrogens with zero attached hydrogens (tertiary/aromatic N) is 1. The molecule has 2 aliphatic heterocycles. The van der Waals surface area contributed by atoms with Gasteiger partial charge in [0.2, 0.25) is 17.7 Å². The average molecular weight is 492 g/mol. The van der Waals surface area contributed by atoms with E-state index < -0.39 is 18.2 Å².